The van der Waals surface area contributed by atoms with E-state index in [-0.39, 0.29) is 5.82 Å². The minimum absolute atomic E-state index is 0.308. The summed E-state index contributed by atoms with van der Waals surface area (Å²) in [6.45, 7) is 0.553. The summed E-state index contributed by atoms with van der Waals surface area (Å²) in [5.41, 5.74) is 1.86. The van der Waals surface area contributed by atoms with Crippen molar-refractivity contribution < 1.29 is 4.39 Å². The normalized spacial score (nSPS) is 10.3. The quantitative estimate of drug-likeness (QED) is 0.782. The van der Waals surface area contributed by atoms with Crippen LogP contribution in [0.5, 0.6) is 0 Å². The predicted molar refractivity (Wildman–Crippen MR) is 77.9 cm³/mol. The summed E-state index contributed by atoms with van der Waals surface area (Å²) in [6.07, 6.45) is 0. The van der Waals surface area contributed by atoms with Crippen LogP contribution in [0, 0.1) is 9.39 Å². The minimum atomic E-state index is -0.308. The van der Waals surface area contributed by atoms with Crippen LogP contribution in [0.15, 0.2) is 42.5 Å². The number of hydrogen-bond acceptors (Lipinski definition) is 1. The number of para-hydroxylation sites is 1. The van der Waals surface area contributed by atoms with Gasteiger partial charge in [0.05, 0.1) is 0 Å². The lowest BCUT2D eigenvalue weighted by molar-refractivity contribution is 0.626. The van der Waals surface area contributed by atoms with Crippen LogP contribution in [0.2, 0.25) is 5.02 Å². The second-order valence-corrected chi connectivity index (χ2v) is 5.21. The van der Waals surface area contributed by atoms with Gasteiger partial charge in [-0.2, -0.15) is 0 Å². The zero-order valence-corrected chi connectivity index (χ0v) is 11.8. The fraction of sp³-hybridized carbons (Fsp3) is 0.0769. The Morgan fingerprint density at radius 3 is 2.65 bits per heavy atom. The molecular formula is C13H10ClFIN. The van der Waals surface area contributed by atoms with E-state index < -0.39 is 0 Å². The molecule has 2 rings (SSSR count). The second-order valence-electron chi connectivity index (χ2n) is 3.61. The van der Waals surface area contributed by atoms with Gasteiger partial charge in [0.1, 0.15) is 5.82 Å². The first-order valence-corrected chi connectivity index (χ1v) is 6.54. The molecule has 0 saturated carbocycles. The van der Waals surface area contributed by atoms with E-state index in [4.69, 9.17) is 11.6 Å². The van der Waals surface area contributed by atoms with Crippen molar-refractivity contribution in [3.63, 3.8) is 0 Å². The van der Waals surface area contributed by atoms with Gasteiger partial charge in [-0.1, -0.05) is 23.7 Å². The molecule has 1 nitrogen and oxygen atoms in total. The molecule has 0 fully saturated rings. The summed E-state index contributed by atoms with van der Waals surface area (Å²) in [6, 6.07) is 12.5. The molecule has 4 heteroatoms. The summed E-state index contributed by atoms with van der Waals surface area (Å²) >= 11 is 8.05. The predicted octanol–water partition coefficient (Wildman–Crippen LogP) is 4.70. The first kappa shape index (κ1) is 12.6. The van der Waals surface area contributed by atoms with Crippen LogP contribution >= 0.6 is 34.2 Å². The van der Waals surface area contributed by atoms with E-state index in [1.54, 1.807) is 6.07 Å². The van der Waals surface area contributed by atoms with Gasteiger partial charge in [-0.15, -0.1) is 0 Å². The van der Waals surface area contributed by atoms with Gasteiger partial charge in [-0.25, -0.2) is 4.39 Å². The van der Waals surface area contributed by atoms with E-state index in [0.717, 1.165) is 14.8 Å². The lowest BCUT2D eigenvalue weighted by Gasteiger charge is -2.08. The molecule has 0 aliphatic rings. The first-order valence-electron chi connectivity index (χ1n) is 5.08. The molecule has 0 bridgehead atoms. The van der Waals surface area contributed by atoms with E-state index in [1.807, 2.05) is 24.3 Å². The van der Waals surface area contributed by atoms with Crippen LogP contribution in [0.4, 0.5) is 10.1 Å². The third-order valence-electron chi connectivity index (χ3n) is 2.28. The van der Waals surface area contributed by atoms with Gasteiger partial charge in [0.25, 0.3) is 0 Å². The van der Waals surface area contributed by atoms with E-state index in [0.29, 0.717) is 11.6 Å². The van der Waals surface area contributed by atoms with Gasteiger partial charge in [0, 0.05) is 20.8 Å². The maximum absolute atomic E-state index is 13.1. The fourth-order valence-electron chi connectivity index (χ4n) is 1.51. The molecule has 88 valence electrons. The molecule has 0 atom stereocenters. The second kappa shape index (κ2) is 5.69. The number of halogens is 3. The molecule has 0 amide bonds. The summed E-state index contributed by atoms with van der Waals surface area (Å²) in [4.78, 5) is 0. The molecule has 0 radical (unpaired) electrons. The topological polar surface area (TPSA) is 12.0 Å². The summed E-state index contributed by atoms with van der Waals surface area (Å²) in [5, 5.41) is 3.67. The van der Waals surface area contributed by atoms with Gasteiger partial charge in [-0.3, -0.25) is 0 Å². The molecular weight excluding hydrogens is 352 g/mol. The minimum Gasteiger partial charge on any atom is -0.380 e. The molecule has 1 N–H and O–H groups in total. The molecule has 0 aromatic heterocycles. The van der Waals surface area contributed by atoms with Crippen molar-refractivity contribution in [2.24, 2.45) is 0 Å². The van der Waals surface area contributed by atoms with Gasteiger partial charge >= 0.3 is 0 Å². The number of rotatable bonds is 3. The van der Waals surface area contributed by atoms with Crippen LogP contribution in [0.3, 0.4) is 0 Å². The van der Waals surface area contributed by atoms with Crippen molar-refractivity contribution in [3.05, 3.63) is 62.4 Å². The van der Waals surface area contributed by atoms with Crippen LogP contribution in [0.25, 0.3) is 0 Å². The number of hydrogen-bond donors (Lipinski definition) is 1. The smallest absolute Gasteiger partial charge is 0.125 e. The Bertz CT molecular complexity index is 510. The fourth-order valence-corrected chi connectivity index (χ4v) is 2.34. The zero-order chi connectivity index (χ0) is 12.3. The Hall–Kier alpha value is -0.810. The molecule has 0 saturated heterocycles. The summed E-state index contributed by atoms with van der Waals surface area (Å²) in [5.74, 6) is -0.308. The zero-order valence-electron chi connectivity index (χ0n) is 8.88. The van der Waals surface area contributed by atoms with Crippen LogP contribution in [0.1, 0.15) is 5.56 Å². The molecule has 0 spiro atoms. The highest BCUT2D eigenvalue weighted by Crippen LogP contribution is 2.19. The molecule has 0 aliphatic carbocycles. The molecule has 0 aliphatic heterocycles. The van der Waals surface area contributed by atoms with Gasteiger partial charge in [-0.05, 0) is 58.5 Å². The maximum Gasteiger partial charge on any atom is 0.125 e. The van der Waals surface area contributed by atoms with Crippen molar-refractivity contribution in [3.8, 4) is 0 Å². The van der Waals surface area contributed by atoms with E-state index in [1.165, 1.54) is 12.1 Å². The van der Waals surface area contributed by atoms with Crippen LogP contribution < -0.4 is 5.32 Å². The highest BCUT2D eigenvalue weighted by molar-refractivity contribution is 14.1. The Labute approximate surface area is 118 Å². The van der Waals surface area contributed by atoms with Crippen molar-refractivity contribution in [2.75, 3.05) is 5.32 Å². The Balaban J connectivity index is 2.10. The average molecular weight is 362 g/mol. The monoisotopic (exact) mass is 361 g/mol. The molecule has 0 unspecified atom stereocenters. The van der Waals surface area contributed by atoms with Gasteiger partial charge in [0.2, 0.25) is 0 Å². The first-order chi connectivity index (χ1) is 8.15. The highest BCUT2D eigenvalue weighted by atomic mass is 127. The van der Waals surface area contributed by atoms with Gasteiger partial charge < -0.3 is 5.32 Å². The Morgan fingerprint density at radius 2 is 1.94 bits per heavy atom. The standard InChI is InChI=1S/C13H10ClFIN/c14-10-5-9(6-11(15)7-10)8-17-13-4-2-1-3-12(13)16/h1-7,17H,8H2. The lowest BCUT2D eigenvalue weighted by Crippen LogP contribution is -2.01. The highest BCUT2D eigenvalue weighted by Gasteiger charge is 2.01. The number of anilines is 1. The van der Waals surface area contributed by atoms with Crippen molar-refractivity contribution in [1.82, 2.24) is 0 Å². The SMILES string of the molecule is Fc1cc(Cl)cc(CNc2ccccc2I)c1. The van der Waals surface area contributed by atoms with Crippen molar-refractivity contribution >= 4 is 39.9 Å². The third-order valence-corrected chi connectivity index (χ3v) is 3.44. The van der Waals surface area contributed by atoms with Gasteiger partial charge in [0.15, 0.2) is 0 Å². The lowest BCUT2D eigenvalue weighted by atomic mass is 10.2. The molecule has 17 heavy (non-hydrogen) atoms. The van der Waals surface area contributed by atoms with Crippen LogP contribution in [-0.2, 0) is 6.54 Å². The number of benzene rings is 2. The summed E-state index contributed by atoms with van der Waals surface area (Å²) < 4.78 is 14.3. The van der Waals surface area contributed by atoms with E-state index >= 15 is 0 Å². The average Bonchev–Trinajstić information content (AvgIpc) is 2.27. The third kappa shape index (κ3) is 3.57. The Kier molecular flexibility index (Phi) is 4.23. The van der Waals surface area contributed by atoms with Crippen molar-refractivity contribution in [2.45, 2.75) is 6.54 Å². The molecule has 0 heterocycles. The van der Waals surface area contributed by atoms with E-state index in [2.05, 4.69) is 27.9 Å². The van der Waals surface area contributed by atoms with E-state index in [9.17, 15) is 4.39 Å². The maximum atomic E-state index is 13.1. The summed E-state index contributed by atoms with van der Waals surface area (Å²) in [7, 11) is 0. The number of nitrogens with one attached hydrogen (secondary N) is 1. The Morgan fingerprint density at radius 1 is 1.18 bits per heavy atom. The molecule has 2 aromatic carbocycles. The molecule has 2 aromatic rings. The largest absolute Gasteiger partial charge is 0.380 e. The van der Waals surface area contributed by atoms with Crippen molar-refractivity contribution in [1.29, 1.82) is 0 Å². The van der Waals surface area contributed by atoms with Crippen LogP contribution in [-0.4, -0.2) is 0 Å².